The molecule has 6 aromatic carbocycles. The topological polar surface area (TPSA) is 80.9 Å². The van der Waals surface area contributed by atoms with Crippen LogP contribution in [-0.4, -0.2) is 20.4 Å². The van der Waals surface area contributed by atoms with Crippen molar-refractivity contribution in [3.63, 3.8) is 0 Å². The Kier molecular flexibility index (Phi) is 10.9. The Morgan fingerprint density at radius 2 is 0.638 bits per heavy atom. The molecule has 0 bridgehead atoms. The summed E-state index contributed by atoms with van der Waals surface area (Å²) < 4.78 is 0. The normalized spacial score (nSPS) is 17.0. The maximum absolute atomic E-state index is 10.3. The molecule has 0 heterocycles. The van der Waals surface area contributed by atoms with Crippen LogP contribution in [0, 0.1) is 39.5 Å². The standard InChI is InChI=1S/C54H58O4/c1-35-29-45(13-17-49(35)55)53(46-14-18-50(56)36(2)30-46)25-21-41(22-26-53)33-39-5-9-43(10-6-39)44-11-7-40(8-12-44)34-42-23-27-54(28-24-42,47-15-19-51(57)37(3)31-47)48-16-20-52(58)38(4)32-48/h5-20,29-32,41-42,55-58H,21-28,33-34H2,1-4H3. The SMILES string of the molecule is Cc1cc(C2(c3ccc(O)c(C)c3)CCC(Cc3ccc(-c4ccc(CC5CCC(c6ccc(O)c(C)c6)(c6ccc(O)c(C)c6)CC5)cc4)cc3)CC2)ccc1O. The summed E-state index contributed by atoms with van der Waals surface area (Å²) in [5.74, 6) is 2.55. The van der Waals surface area contributed by atoms with Gasteiger partial charge in [-0.1, -0.05) is 97.1 Å². The number of hydrogen-bond acceptors (Lipinski definition) is 4. The average molecular weight is 771 g/mol. The Balaban J connectivity index is 0.899. The van der Waals surface area contributed by atoms with E-state index in [2.05, 4.69) is 97.1 Å². The van der Waals surface area contributed by atoms with E-state index in [0.29, 0.717) is 34.8 Å². The monoisotopic (exact) mass is 770 g/mol. The second-order valence-corrected chi connectivity index (χ2v) is 17.9. The van der Waals surface area contributed by atoms with E-state index in [4.69, 9.17) is 0 Å². The lowest BCUT2D eigenvalue weighted by molar-refractivity contribution is 0.264. The van der Waals surface area contributed by atoms with Crippen molar-refractivity contribution in [2.75, 3.05) is 0 Å². The van der Waals surface area contributed by atoms with Crippen molar-refractivity contribution < 1.29 is 20.4 Å². The molecular formula is C54H58O4. The fourth-order valence-corrected chi connectivity index (χ4v) is 10.4. The molecule has 6 aromatic rings. The summed E-state index contributed by atoms with van der Waals surface area (Å²) in [6.45, 7) is 7.90. The van der Waals surface area contributed by atoms with Gasteiger partial charge in [-0.2, -0.15) is 0 Å². The molecule has 0 aliphatic heterocycles. The Bertz CT molecular complexity index is 2110. The van der Waals surface area contributed by atoms with Crippen LogP contribution < -0.4 is 0 Å². The predicted molar refractivity (Wildman–Crippen MR) is 236 cm³/mol. The molecule has 0 spiro atoms. The Morgan fingerprint density at radius 3 is 0.879 bits per heavy atom. The van der Waals surface area contributed by atoms with Crippen molar-refractivity contribution in [2.45, 2.75) is 103 Å². The quantitative estimate of drug-likeness (QED) is 0.118. The molecule has 2 saturated carbocycles. The van der Waals surface area contributed by atoms with E-state index in [0.717, 1.165) is 86.5 Å². The summed E-state index contributed by atoms with van der Waals surface area (Å²) in [6.07, 6.45) is 10.8. The van der Waals surface area contributed by atoms with Gasteiger partial charge in [-0.15, -0.1) is 0 Å². The zero-order valence-corrected chi connectivity index (χ0v) is 34.6. The molecule has 2 aliphatic rings. The number of hydrogen-bond donors (Lipinski definition) is 4. The van der Waals surface area contributed by atoms with Gasteiger partial charge in [0.15, 0.2) is 0 Å². The second kappa shape index (κ2) is 16.0. The highest BCUT2D eigenvalue weighted by atomic mass is 16.3. The number of aromatic hydroxyl groups is 4. The highest BCUT2D eigenvalue weighted by molar-refractivity contribution is 5.64. The van der Waals surface area contributed by atoms with Crippen molar-refractivity contribution in [3.05, 3.63) is 177 Å². The summed E-state index contributed by atoms with van der Waals surface area (Å²) in [5, 5.41) is 41.2. The van der Waals surface area contributed by atoms with Crippen LogP contribution in [0.5, 0.6) is 23.0 Å². The fourth-order valence-electron chi connectivity index (χ4n) is 10.4. The van der Waals surface area contributed by atoms with Gasteiger partial charge in [-0.3, -0.25) is 0 Å². The van der Waals surface area contributed by atoms with Gasteiger partial charge < -0.3 is 20.4 Å². The van der Waals surface area contributed by atoms with Gasteiger partial charge in [0, 0.05) is 10.8 Å². The van der Waals surface area contributed by atoms with Crippen molar-refractivity contribution in [2.24, 2.45) is 11.8 Å². The molecule has 0 radical (unpaired) electrons. The zero-order chi connectivity index (χ0) is 40.6. The first-order valence-electron chi connectivity index (χ1n) is 21.3. The second-order valence-electron chi connectivity index (χ2n) is 17.9. The molecule has 0 aromatic heterocycles. The van der Waals surface area contributed by atoms with E-state index in [1.54, 1.807) is 0 Å². The van der Waals surface area contributed by atoms with Crippen LogP contribution >= 0.6 is 0 Å². The smallest absolute Gasteiger partial charge is 0.118 e. The molecule has 4 nitrogen and oxygen atoms in total. The molecule has 58 heavy (non-hydrogen) atoms. The minimum atomic E-state index is -0.134. The third-order valence-electron chi connectivity index (χ3n) is 14.2. The van der Waals surface area contributed by atoms with E-state index >= 15 is 0 Å². The first-order valence-corrected chi connectivity index (χ1v) is 21.3. The number of benzene rings is 6. The van der Waals surface area contributed by atoms with E-state index in [-0.39, 0.29) is 10.8 Å². The first kappa shape index (κ1) is 39.4. The molecule has 0 unspecified atom stereocenters. The van der Waals surface area contributed by atoms with E-state index in [1.165, 1.54) is 44.5 Å². The van der Waals surface area contributed by atoms with Crippen LogP contribution in [0.3, 0.4) is 0 Å². The predicted octanol–water partition coefficient (Wildman–Crippen LogP) is 12.8. The first-order chi connectivity index (χ1) is 27.9. The molecule has 2 fully saturated rings. The van der Waals surface area contributed by atoms with Gasteiger partial charge in [0.1, 0.15) is 23.0 Å². The largest absolute Gasteiger partial charge is 0.508 e. The molecule has 2 aliphatic carbocycles. The number of phenolic OH excluding ortho intramolecular Hbond substituents is 4. The number of phenols is 4. The van der Waals surface area contributed by atoms with E-state index < -0.39 is 0 Å². The van der Waals surface area contributed by atoms with Crippen molar-refractivity contribution in [1.82, 2.24) is 0 Å². The summed E-state index contributed by atoms with van der Waals surface area (Å²) in [4.78, 5) is 0. The number of rotatable bonds is 9. The lowest BCUT2D eigenvalue weighted by atomic mass is 9.62. The molecule has 0 atom stereocenters. The molecule has 0 amide bonds. The van der Waals surface area contributed by atoms with Crippen LogP contribution in [0.2, 0.25) is 0 Å². The minimum Gasteiger partial charge on any atom is -0.508 e. The maximum atomic E-state index is 10.3. The molecule has 298 valence electrons. The molecule has 4 heteroatoms. The van der Waals surface area contributed by atoms with Crippen molar-refractivity contribution in [1.29, 1.82) is 0 Å². The lowest BCUT2D eigenvalue weighted by Gasteiger charge is -2.42. The van der Waals surface area contributed by atoms with Gasteiger partial charge >= 0.3 is 0 Å². The van der Waals surface area contributed by atoms with E-state index in [9.17, 15) is 20.4 Å². The lowest BCUT2D eigenvalue weighted by Crippen LogP contribution is -2.33. The third-order valence-corrected chi connectivity index (χ3v) is 14.2. The van der Waals surface area contributed by atoms with Gasteiger partial charge in [0.2, 0.25) is 0 Å². The third kappa shape index (κ3) is 7.74. The van der Waals surface area contributed by atoms with Gasteiger partial charge in [0.25, 0.3) is 0 Å². The van der Waals surface area contributed by atoms with Gasteiger partial charge in [-0.25, -0.2) is 0 Å². The summed E-state index contributed by atoms with van der Waals surface area (Å²) >= 11 is 0. The van der Waals surface area contributed by atoms with Crippen LogP contribution in [0.1, 0.15) is 107 Å². The molecule has 8 rings (SSSR count). The average Bonchev–Trinajstić information content (AvgIpc) is 3.23. The van der Waals surface area contributed by atoms with Crippen LogP contribution in [-0.2, 0) is 23.7 Å². The maximum Gasteiger partial charge on any atom is 0.118 e. The minimum absolute atomic E-state index is 0.134. The molecular weight excluding hydrogens is 713 g/mol. The summed E-state index contributed by atoms with van der Waals surface area (Å²) in [6, 6.07) is 42.8. The Labute approximate surface area is 344 Å². The number of aryl methyl sites for hydroxylation is 4. The highest BCUT2D eigenvalue weighted by Crippen LogP contribution is 2.50. The van der Waals surface area contributed by atoms with Gasteiger partial charge in [0.05, 0.1) is 0 Å². The molecule has 0 saturated heterocycles. The van der Waals surface area contributed by atoms with Crippen LogP contribution in [0.4, 0.5) is 0 Å². The van der Waals surface area contributed by atoms with Gasteiger partial charge in [-0.05, 0) is 195 Å². The van der Waals surface area contributed by atoms with Crippen LogP contribution in [0.25, 0.3) is 11.1 Å². The summed E-state index contributed by atoms with van der Waals surface area (Å²) in [7, 11) is 0. The Hall–Kier alpha value is -5.48. The van der Waals surface area contributed by atoms with Crippen molar-refractivity contribution >= 4 is 0 Å². The summed E-state index contributed by atoms with van der Waals surface area (Å²) in [5.41, 5.74) is 13.6. The Morgan fingerprint density at radius 1 is 0.379 bits per heavy atom. The van der Waals surface area contributed by atoms with Crippen LogP contribution in [0.15, 0.2) is 121 Å². The highest BCUT2D eigenvalue weighted by Gasteiger charge is 2.40. The van der Waals surface area contributed by atoms with Crippen molar-refractivity contribution in [3.8, 4) is 34.1 Å². The zero-order valence-electron chi connectivity index (χ0n) is 34.6. The molecule has 4 N–H and O–H groups in total. The fraction of sp³-hybridized carbons (Fsp3) is 0.333. The van der Waals surface area contributed by atoms with E-state index in [1.807, 2.05) is 52.0 Å².